The molecule has 1 atom stereocenters. The summed E-state index contributed by atoms with van der Waals surface area (Å²) < 4.78 is 5.18. The second kappa shape index (κ2) is 12.7. The van der Waals surface area contributed by atoms with E-state index >= 15 is 0 Å². The van der Waals surface area contributed by atoms with Crippen LogP contribution in [-0.2, 0) is 9.53 Å². The van der Waals surface area contributed by atoms with Gasteiger partial charge in [0.1, 0.15) is 0 Å². The number of hydrogen-bond acceptors (Lipinski definition) is 4. The Labute approximate surface area is 169 Å². The highest BCUT2D eigenvalue weighted by Crippen LogP contribution is 2.26. The van der Waals surface area contributed by atoms with Gasteiger partial charge in [-0.25, -0.2) is 0 Å². The molecule has 0 radical (unpaired) electrons. The van der Waals surface area contributed by atoms with E-state index in [4.69, 9.17) is 9.73 Å². The van der Waals surface area contributed by atoms with Gasteiger partial charge in [0.25, 0.3) is 0 Å². The number of likely N-dealkylation sites (tertiary alicyclic amines) is 1. The zero-order valence-electron chi connectivity index (χ0n) is 16.2. The molecule has 1 aliphatic heterocycles. The molecule has 1 rings (SSSR count). The van der Waals surface area contributed by atoms with Crippen LogP contribution in [0.3, 0.4) is 0 Å². The number of halogens is 1. The first-order valence-electron chi connectivity index (χ1n) is 9.36. The third-order valence-corrected chi connectivity index (χ3v) is 5.08. The number of rotatable bonds is 8. The Hall–Kier alpha value is -0.570. The normalized spacial score (nSPS) is 18.5. The fraction of sp³-hybridized carbons (Fsp3) is 0.889. The summed E-state index contributed by atoms with van der Waals surface area (Å²) >= 11 is 0. The smallest absolute Gasteiger partial charge is 0.310 e. The van der Waals surface area contributed by atoms with E-state index in [9.17, 15) is 9.90 Å². The van der Waals surface area contributed by atoms with Gasteiger partial charge in [-0.15, -0.1) is 24.0 Å². The van der Waals surface area contributed by atoms with Gasteiger partial charge in [0.15, 0.2) is 5.96 Å². The minimum atomic E-state index is -0.156. The van der Waals surface area contributed by atoms with E-state index in [-0.39, 0.29) is 47.9 Å². The maximum absolute atomic E-state index is 12.0. The Morgan fingerprint density at radius 3 is 2.52 bits per heavy atom. The van der Waals surface area contributed by atoms with Crippen molar-refractivity contribution < 1.29 is 14.6 Å². The molecule has 148 valence electrons. The quantitative estimate of drug-likeness (QED) is 0.248. The van der Waals surface area contributed by atoms with Crippen LogP contribution in [0.15, 0.2) is 4.99 Å². The van der Waals surface area contributed by atoms with Crippen molar-refractivity contribution in [2.75, 3.05) is 39.4 Å². The molecule has 2 N–H and O–H groups in total. The van der Waals surface area contributed by atoms with Crippen LogP contribution in [0.4, 0.5) is 0 Å². The lowest BCUT2D eigenvalue weighted by atomic mass is 9.83. The van der Waals surface area contributed by atoms with E-state index in [0.29, 0.717) is 19.7 Å². The van der Waals surface area contributed by atoms with Gasteiger partial charge in [-0.3, -0.25) is 9.79 Å². The monoisotopic (exact) mass is 469 g/mol. The van der Waals surface area contributed by atoms with Crippen molar-refractivity contribution in [2.24, 2.45) is 16.3 Å². The van der Waals surface area contributed by atoms with E-state index in [1.165, 1.54) is 0 Å². The summed E-state index contributed by atoms with van der Waals surface area (Å²) in [6.07, 6.45) is 3.63. The molecule has 25 heavy (non-hydrogen) atoms. The summed E-state index contributed by atoms with van der Waals surface area (Å²) in [5.74, 6) is 0.651. The molecule has 0 spiro atoms. The molecule has 6 nitrogen and oxygen atoms in total. The average Bonchev–Trinajstić information content (AvgIpc) is 2.62. The SMILES string of the molecule is CCNC(=NCC(CC)(CC)CO)N1CCC[C@@H](C(=O)OCC)C1.I. The summed E-state index contributed by atoms with van der Waals surface area (Å²) in [7, 11) is 0. The highest BCUT2D eigenvalue weighted by molar-refractivity contribution is 14.0. The Morgan fingerprint density at radius 2 is 2.00 bits per heavy atom. The van der Waals surface area contributed by atoms with Crippen LogP contribution in [0.1, 0.15) is 53.4 Å². The molecule has 0 saturated carbocycles. The van der Waals surface area contributed by atoms with Gasteiger partial charge < -0.3 is 20.1 Å². The second-order valence-corrected chi connectivity index (χ2v) is 6.57. The number of carbonyl (C=O) groups excluding carboxylic acids is 1. The number of esters is 1. The molecule has 0 aliphatic carbocycles. The molecule has 1 saturated heterocycles. The maximum atomic E-state index is 12.0. The number of nitrogens with one attached hydrogen (secondary N) is 1. The number of ether oxygens (including phenoxy) is 1. The van der Waals surface area contributed by atoms with Gasteiger partial charge in [0.2, 0.25) is 0 Å². The van der Waals surface area contributed by atoms with Crippen LogP contribution >= 0.6 is 24.0 Å². The number of carbonyl (C=O) groups is 1. The van der Waals surface area contributed by atoms with Crippen LogP contribution < -0.4 is 5.32 Å². The van der Waals surface area contributed by atoms with Gasteiger partial charge in [-0.05, 0) is 39.5 Å². The fourth-order valence-electron chi connectivity index (χ4n) is 3.04. The molecule has 0 aromatic rings. The molecular weight excluding hydrogens is 433 g/mol. The second-order valence-electron chi connectivity index (χ2n) is 6.57. The average molecular weight is 469 g/mol. The van der Waals surface area contributed by atoms with Gasteiger partial charge in [0.05, 0.1) is 25.7 Å². The molecule has 0 bridgehead atoms. The summed E-state index contributed by atoms with van der Waals surface area (Å²) in [6, 6.07) is 0. The first-order chi connectivity index (χ1) is 11.6. The Bertz CT molecular complexity index is 406. The van der Waals surface area contributed by atoms with Gasteiger partial charge >= 0.3 is 5.97 Å². The van der Waals surface area contributed by atoms with Gasteiger partial charge in [-0.1, -0.05) is 13.8 Å². The number of nitrogens with zero attached hydrogens (tertiary/aromatic N) is 2. The Kier molecular flexibility index (Phi) is 12.4. The highest BCUT2D eigenvalue weighted by atomic mass is 127. The molecule has 1 aliphatic rings. The zero-order chi connectivity index (χ0) is 18.0. The highest BCUT2D eigenvalue weighted by Gasteiger charge is 2.30. The van der Waals surface area contributed by atoms with Crippen molar-refractivity contribution in [2.45, 2.75) is 53.4 Å². The van der Waals surface area contributed by atoms with Gasteiger partial charge in [0, 0.05) is 25.0 Å². The van der Waals surface area contributed by atoms with Crippen LogP contribution in [-0.4, -0.2) is 61.3 Å². The van der Waals surface area contributed by atoms with Crippen LogP contribution in [0.25, 0.3) is 0 Å². The summed E-state index contributed by atoms with van der Waals surface area (Å²) in [5.41, 5.74) is -0.156. The molecule has 1 heterocycles. The first-order valence-corrected chi connectivity index (χ1v) is 9.36. The number of aliphatic hydroxyl groups is 1. The Morgan fingerprint density at radius 1 is 1.32 bits per heavy atom. The largest absolute Gasteiger partial charge is 0.466 e. The Balaban J connectivity index is 0.00000576. The standard InChI is InChI=1S/C18H35N3O3.HI/c1-5-18(6-2,14-22)13-20-17(19-7-3)21-11-9-10-15(12-21)16(23)24-8-4;/h15,22H,5-14H2,1-4H3,(H,19,20);1H/t15-;/m1./s1. The van der Waals surface area contributed by atoms with Crippen molar-refractivity contribution in [3.05, 3.63) is 0 Å². The maximum Gasteiger partial charge on any atom is 0.310 e. The summed E-state index contributed by atoms with van der Waals surface area (Å²) in [6.45, 7) is 11.6. The minimum absolute atomic E-state index is 0. The molecule has 0 aromatic heterocycles. The minimum Gasteiger partial charge on any atom is -0.466 e. The molecule has 7 heteroatoms. The van der Waals surface area contributed by atoms with Crippen LogP contribution in [0.5, 0.6) is 0 Å². The summed E-state index contributed by atoms with van der Waals surface area (Å²) in [4.78, 5) is 19.0. The number of aliphatic hydroxyl groups excluding tert-OH is 1. The van der Waals surface area contributed by atoms with Gasteiger partial charge in [-0.2, -0.15) is 0 Å². The van der Waals surface area contributed by atoms with E-state index < -0.39 is 0 Å². The van der Waals surface area contributed by atoms with Crippen LogP contribution in [0, 0.1) is 11.3 Å². The molecule has 1 fully saturated rings. The number of piperidine rings is 1. The summed E-state index contributed by atoms with van der Waals surface area (Å²) in [5, 5.41) is 13.1. The van der Waals surface area contributed by atoms with Crippen molar-refractivity contribution in [3.8, 4) is 0 Å². The topological polar surface area (TPSA) is 74.2 Å². The van der Waals surface area contributed by atoms with E-state index in [2.05, 4.69) is 24.1 Å². The predicted molar refractivity (Wildman–Crippen MR) is 112 cm³/mol. The zero-order valence-corrected chi connectivity index (χ0v) is 18.5. The van der Waals surface area contributed by atoms with Crippen molar-refractivity contribution in [1.29, 1.82) is 0 Å². The first kappa shape index (κ1) is 24.4. The lowest BCUT2D eigenvalue weighted by Crippen LogP contribution is -2.48. The van der Waals surface area contributed by atoms with E-state index in [1.54, 1.807) is 0 Å². The molecular formula is C18H36IN3O3. The van der Waals surface area contributed by atoms with E-state index in [0.717, 1.165) is 44.7 Å². The molecule has 0 unspecified atom stereocenters. The van der Waals surface area contributed by atoms with Crippen LogP contribution in [0.2, 0.25) is 0 Å². The van der Waals surface area contributed by atoms with Crippen molar-refractivity contribution in [1.82, 2.24) is 10.2 Å². The third kappa shape index (κ3) is 7.29. The third-order valence-electron chi connectivity index (χ3n) is 5.08. The number of aliphatic imine (C=N–C) groups is 1. The fourth-order valence-corrected chi connectivity index (χ4v) is 3.04. The van der Waals surface area contributed by atoms with E-state index in [1.807, 2.05) is 13.8 Å². The molecule has 0 aromatic carbocycles. The van der Waals surface area contributed by atoms with Crippen molar-refractivity contribution >= 4 is 35.9 Å². The molecule has 0 amide bonds. The number of hydrogen-bond donors (Lipinski definition) is 2. The predicted octanol–water partition coefficient (Wildman–Crippen LogP) is 2.64. The number of guanidine groups is 1. The lowest BCUT2D eigenvalue weighted by molar-refractivity contribution is -0.149. The van der Waals surface area contributed by atoms with Crippen molar-refractivity contribution in [3.63, 3.8) is 0 Å². The lowest BCUT2D eigenvalue weighted by Gasteiger charge is -2.35.